The Bertz CT molecular complexity index is 615. The van der Waals surface area contributed by atoms with Crippen molar-refractivity contribution in [3.05, 3.63) is 72.7 Å². The van der Waals surface area contributed by atoms with E-state index in [4.69, 9.17) is 0 Å². The van der Waals surface area contributed by atoms with Gasteiger partial charge in [-0.2, -0.15) is 0 Å². The van der Waals surface area contributed by atoms with E-state index in [9.17, 15) is 10.1 Å². The van der Waals surface area contributed by atoms with Crippen molar-refractivity contribution in [1.82, 2.24) is 5.32 Å². The van der Waals surface area contributed by atoms with Crippen LogP contribution in [0, 0.1) is 10.1 Å². The average Bonchev–Trinajstić information content (AvgIpc) is 2.42. The predicted molar refractivity (Wildman–Crippen MR) is 85.5 cm³/mol. The van der Waals surface area contributed by atoms with E-state index in [2.05, 4.69) is 37.2 Å². The van der Waals surface area contributed by atoms with Gasteiger partial charge < -0.3 is 5.32 Å². The zero-order valence-corrected chi connectivity index (χ0v) is 13.6. The van der Waals surface area contributed by atoms with Gasteiger partial charge in [-0.3, -0.25) is 10.1 Å². The van der Waals surface area contributed by atoms with E-state index in [0.717, 1.165) is 15.6 Å². The molecule has 2 aromatic rings. The molecule has 0 saturated heterocycles. The standard InChI is InChI=1S/C14H12Br2N2O2/c15-12-6-4-10(5-7-12)8-17-9-11-2-1-3-13(14(11)16)18(19)20/h1-7,17H,8-9H2. The van der Waals surface area contributed by atoms with Gasteiger partial charge in [-0.25, -0.2) is 0 Å². The molecule has 0 aromatic heterocycles. The Kier molecular flexibility index (Phi) is 5.28. The summed E-state index contributed by atoms with van der Waals surface area (Å²) in [7, 11) is 0. The first kappa shape index (κ1) is 15.2. The van der Waals surface area contributed by atoms with Gasteiger partial charge >= 0.3 is 0 Å². The third kappa shape index (κ3) is 3.88. The quantitative estimate of drug-likeness (QED) is 0.598. The maximum absolute atomic E-state index is 10.9. The highest BCUT2D eigenvalue weighted by Gasteiger charge is 2.14. The van der Waals surface area contributed by atoms with Crippen LogP contribution in [0.4, 0.5) is 5.69 Å². The van der Waals surface area contributed by atoms with Crippen LogP contribution in [0.15, 0.2) is 51.4 Å². The summed E-state index contributed by atoms with van der Waals surface area (Å²) < 4.78 is 1.58. The second-order valence-electron chi connectivity index (χ2n) is 4.24. The lowest BCUT2D eigenvalue weighted by Crippen LogP contribution is -2.13. The summed E-state index contributed by atoms with van der Waals surface area (Å²) in [5.41, 5.74) is 2.12. The van der Waals surface area contributed by atoms with Gasteiger partial charge in [0.25, 0.3) is 5.69 Å². The van der Waals surface area contributed by atoms with E-state index < -0.39 is 0 Å². The number of nitrogens with zero attached hydrogens (tertiary/aromatic N) is 1. The monoisotopic (exact) mass is 398 g/mol. The molecule has 2 aromatic carbocycles. The maximum Gasteiger partial charge on any atom is 0.283 e. The number of benzene rings is 2. The van der Waals surface area contributed by atoms with Crippen molar-refractivity contribution in [2.45, 2.75) is 13.1 Å². The van der Waals surface area contributed by atoms with Crippen LogP contribution in [0.3, 0.4) is 0 Å². The second kappa shape index (κ2) is 6.97. The van der Waals surface area contributed by atoms with Gasteiger partial charge in [-0.15, -0.1) is 0 Å². The zero-order chi connectivity index (χ0) is 14.5. The molecule has 4 nitrogen and oxygen atoms in total. The van der Waals surface area contributed by atoms with Gasteiger partial charge in [0.1, 0.15) is 0 Å². The Balaban J connectivity index is 1.99. The van der Waals surface area contributed by atoms with Gasteiger partial charge in [0.15, 0.2) is 0 Å². The topological polar surface area (TPSA) is 55.2 Å². The molecular weight excluding hydrogens is 388 g/mol. The molecule has 1 N–H and O–H groups in total. The molecule has 0 unspecified atom stereocenters. The van der Waals surface area contributed by atoms with Gasteiger partial charge in [0.05, 0.1) is 9.40 Å². The minimum absolute atomic E-state index is 0.0907. The number of hydrogen-bond acceptors (Lipinski definition) is 3. The summed E-state index contributed by atoms with van der Waals surface area (Å²) >= 11 is 6.68. The van der Waals surface area contributed by atoms with Crippen LogP contribution in [0.1, 0.15) is 11.1 Å². The smallest absolute Gasteiger partial charge is 0.283 e. The lowest BCUT2D eigenvalue weighted by Gasteiger charge is -2.07. The van der Waals surface area contributed by atoms with Crippen LogP contribution in [-0.4, -0.2) is 4.92 Å². The fourth-order valence-corrected chi connectivity index (χ4v) is 2.60. The summed E-state index contributed by atoms with van der Waals surface area (Å²) in [6.07, 6.45) is 0. The molecule has 0 radical (unpaired) electrons. The number of nitro groups is 1. The zero-order valence-electron chi connectivity index (χ0n) is 10.5. The van der Waals surface area contributed by atoms with Crippen molar-refractivity contribution in [1.29, 1.82) is 0 Å². The van der Waals surface area contributed by atoms with Crippen molar-refractivity contribution in [3.63, 3.8) is 0 Å². The molecule has 0 aliphatic carbocycles. The van der Waals surface area contributed by atoms with E-state index in [1.807, 2.05) is 30.3 Å². The van der Waals surface area contributed by atoms with Crippen LogP contribution in [-0.2, 0) is 13.1 Å². The minimum Gasteiger partial charge on any atom is -0.309 e. The van der Waals surface area contributed by atoms with Crippen LogP contribution < -0.4 is 5.32 Å². The highest BCUT2D eigenvalue weighted by atomic mass is 79.9. The van der Waals surface area contributed by atoms with E-state index in [1.165, 1.54) is 6.07 Å². The van der Waals surface area contributed by atoms with Crippen molar-refractivity contribution in [3.8, 4) is 0 Å². The van der Waals surface area contributed by atoms with Crippen LogP contribution in [0.25, 0.3) is 0 Å². The largest absolute Gasteiger partial charge is 0.309 e. The van der Waals surface area contributed by atoms with Crippen molar-refractivity contribution in [2.75, 3.05) is 0 Å². The summed E-state index contributed by atoms with van der Waals surface area (Å²) in [4.78, 5) is 10.5. The first-order chi connectivity index (χ1) is 9.58. The highest BCUT2D eigenvalue weighted by molar-refractivity contribution is 9.10. The van der Waals surface area contributed by atoms with Crippen molar-refractivity contribution < 1.29 is 4.92 Å². The molecule has 6 heteroatoms. The molecule has 0 heterocycles. The molecule has 0 fully saturated rings. The highest BCUT2D eigenvalue weighted by Crippen LogP contribution is 2.28. The van der Waals surface area contributed by atoms with E-state index in [1.54, 1.807) is 6.07 Å². The van der Waals surface area contributed by atoms with Gasteiger partial charge in [0.2, 0.25) is 0 Å². The molecule has 104 valence electrons. The first-order valence-corrected chi connectivity index (χ1v) is 7.53. The Morgan fingerprint density at radius 2 is 1.75 bits per heavy atom. The Hall–Kier alpha value is -1.24. The molecule has 0 bridgehead atoms. The molecule has 0 aliphatic rings. The summed E-state index contributed by atoms with van der Waals surface area (Å²) in [5.74, 6) is 0. The van der Waals surface area contributed by atoms with E-state index in [0.29, 0.717) is 17.6 Å². The molecule has 20 heavy (non-hydrogen) atoms. The van der Waals surface area contributed by atoms with E-state index in [-0.39, 0.29) is 10.6 Å². The fraction of sp³-hybridized carbons (Fsp3) is 0.143. The molecule has 0 atom stereocenters. The second-order valence-corrected chi connectivity index (χ2v) is 5.95. The number of nitro benzene ring substituents is 1. The molecule has 0 saturated carbocycles. The normalized spacial score (nSPS) is 10.5. The number of nitrogens with one attached hydrogen (secondary N) is 1. The summed E-state index contributed by atoms with van der Waals surface area (Å²) in [6, 6.07) is 13.1. The van der Waals surface area contributed by atoms with Crippen molar-refractivity contribution in [2.24, 2.45) is 0 Å². The van der Waals surface area contributed by atoms with Crippen LogP contribution in [0.2, 0.25) is 0 Å². The third-order valence-corrected chi connectivity index (χ3v) is 4.26. The Morgan fingerprint density at radius 1 is 1.05 bits per heavy atom. The van der Waals surface area contributed by atoms with Crippen molar-refractivity contribution >= 4 is 37.5 Å². The minimum atomic E-state index is -0.387. The maximum atomic E-state index is 10.9. The molecule has 2 rings (SSSR count). The predicted octanol–water partition coefficient (Wildman–Crippen LogP) is 4.41. The first-order valence-electron chi connectivity index (χ1n) is 5.95. The Morgan fingerprint density at radius 3 is 2.40 bits per heavy atom. The molecule has 0 spiro atoms. The summed E-state index contributed by atoms with van der Waals surface area (Å²) in [6.45, 7) is 1.28. The molecule has 0 amide bonds. The van der Waals surface area contributed by atoms with E-state index >= 15 is 0 Å². The van der Waals surface area contributed by atoms with Crippen LogP contribution >= 0.6 is 31.9 Å². The van der Waals surface area contributed by atoms with Gasteiger partial charge in [0, 0.05) is 23.6 Å². The number of halogens is 2. The number of rotatable bonds is 5. The summed E-state index contributed by atoms with van der Waals surface area (Å²) in [5, 5.41) is 14.1. The fourth-order valence-electron chi connectivity index (χ4n) is 1.79. The lowest BCUT2D eigenvalue weighted by molar-refractivity contribution is -0.385. The molecule has 0 aliphatic heterocycles. The number of hydrogen-bond donors (Lipinski definition) is 1. The molecular formula is C14H12Br2N2O2. The lowest BCUT2D eigenvalue weighted by atomic mass is 10.2. The van der Waals surface area contributed by atoms with Gasteiger partial charge in [-0.05, 0) is 39.2 Å². The third-order valence-electron chi connectivity index (χ3n) is 2.81. The van der Waals surface area contributed by atoms with Crippen LogP contribution in [0.5, 0.6) is 0 Å². The average molecular weight is 400 g/mol. The van der Waals surface area contributed by atoms with Gasteiger partial charge in [-0.1, -0.05) is 40.2 Å². The SMILES string of the molecule is O=[N+]([O-])c1cccc(CNCc2ccc(Br)cc2)c1Br. The Labute approximate surface area is 133 Å².